The van der Waals surface area contributed by atoms with E-state index in [1.54, 1.807) is 24.5 Å². The zero-order chi connectivity index (χ0) is 13.5. The molecule has 0 atom stereocenters. The number of amides is 2. The molecule has 1 aromatic carbocycles. The van der Waals surface area contributed by atoms with Crippen LogP contribution in [0.15, 0.2) is 54.9 Å². The fourth-order valence-corrected chi connectivity index (χ4v) is 1.71. The third-order valence-corrected chi connectivity index (χ3v) is 2.78. The molecule has 2 amide bonds. The number of urea groups is 1. The maximum atomic E-state index is 11.7. The fourth-order valence-electron chi connectivity index (χ4n) is 1.49. The van der Waals surface area contributed by atoms with E-state index in [1.807, 2.05) is 30.3 Å². The summed E-state index contributed by atoms with van der Waals surface area (Å²) in [7, 11) is 0. The van der Waals surface area contributed by atoms with Gasteiger partial charge >= 0.3 is 6.03 Å². The predicted molar refractivity (Wildman–Crippen MR) is 77.8 cm³/mol. The van der Waals surface area contributed by atoms with E-state index < -0.39 is 0 Å². The molecule has 0 aliphatic heterocycles. The maximum absolute atomic E-state index is 11.7. The first-order valence-electron chi connectivity index (χ1n) is 5.79. The number of benzene rings is 1. The molecule has 0 spiro atoms. The topological polar surface area (TPSA) is 54.0 Å². The van der Waals surface area contributed by atoms with Crippen molar-refractivity contribution in [3.05, 3.63) is 66.0 Å². The minimum Gasteiger partial charge on any atom is -0.334 e. The van der Waals surface area contributed by atoms with Crippen molar-refractivity contribution in [2.45, 2.75) is 6.54 Å². The summed E-state index contributed by atoms with van der Waals surface area (Å²) in [5.74, 6) is 0. The number of nitrogens with one attached hydrogen (secondary N) is 2. The monoisotopic (exact) mass is 271 g/mol. The molecule has 2 rings (SSSR count). The van der Waals surface area contributed by atoms with Gasteiger partial charge in [0.2, 0.25) is 0 Å². The smallest absolute Gasteiger partial charge is 0.320 e. The quantitative estimate of drug-likeness (QED) is 0.842. The van der Waals surface area contributed by atoms with E-state index in [2.05, 4.69) is 15.6 Å². The van der Waals surface area contributed by atoms with Gasteiger partial charge in [-0.25, -0.2) is 4.79 Å². The zero-order valence-corrected chi connectivity index (χ0v) is 11.0. The summed E-state index contributed by atoms with van der Waals surface area (Å²) in [6, 6.07) is 12.9. The van der Waals surface area contributed by atoms with E-state index in [9.17, 15) is 4.79 Å². The molecule has 0 fully saturated rings. The second kappa shape index (κ2) is 6.61. The van der Waals surface area contributed by atoms with Gasteiger partial charge in [0, 0.05) is 24.5 Å². The summed E-state index contributed by atoms with van der Waals surface area (Å²) in [5.41, 5.74) is 1.75. The van der Waals surface area contributed by atoms with Crippen LogP contribution >= 0.6 is 12.2 Å². The Morgan fingerprint density at radius 3 is 2.63 bits per heavy atom. The predicted octanol–water partition coefficient (Wildman–Crippen LogP) is 2.26. The molecule has 0 saturated carbocycles. The van der Waals surface area contributed by atoms with Gasteiger partial charge in [0.05, 0.1) is 0 Å². The molecule has 0 unspecified atom stereocenters. The highest BCUT2D eigenvalue weighted by atomic mass is 32.1. The first-order chi connectivity index (χ1) is 9.25. The molecule has 0 aliphatic carbocycles. The van der Waals surface area contributed by atoms with Crippen LogP contribution in [0.1, 0.15) is 11.1 Å². The number of aromatic nitrogens is 1. The molecule has 1 aromatic heterocycles. The molecule has 19 heavy (non-hydrogen) atoms. The Kier molecular flexibility index (Phi) is 4.58. The second-order valence-corrected chi connectivity index (χ2v) is 4.27. The number of carbonyl (C=O) groups excluding carboxylic acids is 1. The molecule has 0 radical (unpaired) electrons. The fraction of sp³-hybridized carbons (Fsp3) is 0.0714. The SMILES string of the molecule is O=C(NCc1ccccc1)NC(=S)c1cccnc1. The van der Waals surface area contributed by atoms with E-state index in [1.165, 1.54) is 0 Å². The summed E-state index contributed by atoms with van der Waals surface area (Å²) < 4.78 is 0. The molecular formula is C14H13N3OS. The first-order valence-corrected chi connectivity index (χ1v) is 6.19. The molecule has 0 bridgehead atoms. The lowest BCUT2D eigenvalue weighted by molar-refractivity contribution is 0.245. The summed E-state index contributed by atoms with van der Waals surface area (Å²) in [4.78, 5) is 16.0. The van der Waals surface area contributed by atoms with E-state index in [0.717, 1.165) is 5.56 Å². The lowest BCUT2D eigenvalue weighted by Crippen LogP contribution is -2.38. The summed E-state index contributed by atoms with van der Waals surface area (Å²) in [6.45, 7) is 0.461. The van der Waals surface area contributed by atoms with Crippen LogP contribution in [0.5, 0.6) is 0 Å². The van der Waals surface area contributed by atoms with Crippen molar-refractivity contribution in [3.8, 4) is 0 Å². The number of nitrogens with zero attached hydrogens (tertiary/aromatic N) is 1. The van der Waals surface area contributed by atoms with E-state index in [4.69, 9.17) is 12.2 Å². The van der Waals surface area contributed by atoms with Crippen LogP contribution < -0.4 is 10.6 Å². The second-order valence-electron chi connectivity index (χ2n) is 3.86. The molecule has 0 aliphatic rings. The maximum Gasteiger partial charge on any atom is 0.320 e. The van der Waals surface area contributed by atoms with Crippen LogP contribution in [0, 0.1) is 0 Å². The average Bonchev–Trinajstić information content (AvgIpc) is 2.47. The molecule has 1 heterocycles. The van der Waals surface area contributed by atoms with Gasteiger partial charge in [-0.15, -0.1) is 0 Å². The van der Waals surface area contributed by atoms with Gasteiger partial charge in [0.25, 0.3) is 0 Å². The van der Waals surface area contributed by atoms with Crippen LogP contribution in [0.4, 0.5) is 4.79 Å². The molecule has 2 aromatic rings. The number of hydrogen-bond donors (Lipinski definition) is 2. The first kappa shape index (κ1) is 13.2. The Morgan fingerprint density at radius 2 is 1.95 bits per heavy atom. The van der Waals surface area contributed by atoms with Gasteiger partial charge in [-0.2, -0.15) is 0 Å². The Morgan fingerprint density at radius 1 is 1.16 bits per heavy atom. The van der Waals surface area contributed by atoms with Gasteiger partial charge in [-0.1, -0.05) is 42.5 Å². The lowest BCUT2D eigenvalue weighted by Gasteiger charge is -2.08. The van der Waals surface area contributed by atoms with Gasteiger partial charge in [-0.05, 0) is 17.7 Å². The van der Waals surface area contributed by atoms with Crippen LogP contribution in [-0.4, -0.2) is 16.0 Å². The van der Waals surface area contributed by atoms with E-state index in [0.29, 0.717) is 17.1 Å². The van der Waals surface area contributed by atoms with Crippen molar-refractivity contribution in [2.24, 2.45) is 0 Å². The number of pyridine rings is 1. The number of thiocarbonyl (C=S) groups is 1. The van der Waals surface area contributed by atoms with Crippen LogP contribution in [0.25, 0.3) is 0 Å². The minimum atomic E-state index is -0.322. The molecule has 4 nitrogen and oxygen atoms in total. The molecule has 0 saturated heterocycles. The van der Waals surface area contributed by atoms with Gasteiger partial charge in [0.15, 0.2) is 0 Å². The number of hydrogen-bond acceptors (Lipinski definition) is 3. The van der Waals surface area contributed by atoms with Crippen molar-refractivity contribution < 1.29 is 4.79 Å². The van der Waals surface area contributed by atoms with Crippen molar-refractivity contribution in [2.75, 3.05) is 0 Å². The average molecular weight is 271 g/mol. The van der Waals surface area contributed by atoms with E-state index in [-0.39, 0.29) is 6.03 Å². The third kappa shape index (κ3) is 4.15. The summed E-state index contributed by atoms with van der Waals surface area (Å²) in [5, 5.41) is 5.35. The van der Waals surface area contributed by atoms with Crippen molar-refractivity contribution >= 4 is 23.2 Å². The zero-order valence-electron chi connectivity index (χ0n) is 10.2. The highest BCUT2D eigenvalue weighted by Gasteiger charge is 2.05. The number of rotatable bonds is 3. The lowest BCUT2D eigenvalue weighted by atomic mass is 10.2. The van der Waals surface area contributed by atoms with Crippen LogP contribution in [-0.2, 0) is 6.54 Å². The van der Waals surface area contributed by atoms with Crippen LogP contribution in [0.2, 0.25) is 0 Å². The highest BCUT2D eigenvalue weighted by Crippen LogP contribution is 1.98. The molecular weight excluding hydrogens is 258 g/mol. The van der Waals surface area contributed by atoms with Crippen LogP contribution in [0.3, 0.4) is 0 Å². The molecule has 96 valence electrons. The third-order valence-electron chi connectivity index (χ3n) is 2.45. The van der Waals surface area contributed by atoms with Crippen molar-refractivity contribution in [1.82, 2.24) is 15.6 Å². The Balaban J connectivity index is 1.83. The van der Waals surface area contributed by atoms with Gasteiger partial charge in [-0.3, -0.25) is 10.3 Å². The minimum absolute atomic E-state index is 0.322. The standard InChI is InChI=1S/C14H13N3OS/c18-14(16-9-11-5-2-1-3-6-11)17-13(19)12-7-4-8-15-10-12/h1-8,10H,9H2,(H2,16,17,18,19). The largest absolute Gasteiger partial charge is 0.334 e. The molecule has 5 heteroatoms. The highest BCUT2D eigenvalue weighted by molar-refractivity contribution is 7.80. The van der Waals surface area contributed by atoms with Gasteiger partial charge in [0.1, 0.15) is 4.99 Å². The van der Waals surface area contributed by atoms with Crippen molar-refractivity contribution in [3.63, 3.8) is 0 Å². The summed E-state index contributed by atoms with van der Waals surface area (Å²) >= 11 is 5.12. The van der Waals surface area contributed by atoms with E-state index >= 15 is 0 Å². The van der Waals surface area contributed by atoms with Crippen molar-refractivity contribution in [1.29, 1.82) is 0 Å². The van der Waals surface area contributed by atoms with Gasteiger partial charge < -0.3 is 5.32 Å². The Bertz CT molecular complexity index is 557. The summed E-state index contributed by atoms with van der Waals surface area (Å²) in [6.07, 6.45) is 3.27. The Hall–Kier alpha value is -2.27. The number of carbonyl (C=O) groups is 1. The molecule has 2 N–H and O–H groups in total. The normalized spacial score (nSPS) is 9.68. The Labute approximate surface area is 116 Å².